The van der Waals surface area contributed by atoms with E-state index in [0.29, 0.717) is 17.8 Å². The lowest BCUT2D eigenvalue weighted by molar-refractivity contribution is -0.139. The van der Waals surface area contributed by atoms with E-state index in [1.807, 2.05) is 23.1 Å². The molecular weight excluding hydrogens is 496 g/mol. The molecule has 2 aliphatic rings. The Morgan fingerprint density at radius 2 is 1.66 bits per heavy atom. The third-order valence-electron chi connectivity index (χ3n) is 7.12. The predicted molar refractivity (Wildman–Crippen MR) is 157 cm³/mol. The minimum atomic E-state index is -0.519. The number of likely N-dealkylation sites (N-methyl/N-ethyl adjacent to an activating group) is 1. The van der Waals surface area contributed by atoms with Crippen molar-refractivity contribution in [3.63, 3.8) is 0 Å². The van der Waals surface area contributed by atoms with Crippen LogP contribution in [0.1, 0.15) is 103 Å². The molecule has 7 nitrogen and oxygen atoms in total. The summed E-state index contributed by atoms with van der Waals surface area (Å²) in [5.41, 5.74) is 1.03. The summed E-state index contributed by atoms with van der Waals surface area (Å²) in [4.78, 5) is 45.9. The van der Waals surface area contributed by atoms with Crippen LogP contribution in [0.2, 0.25) is 0 Å². The van der Waals surface area contributed by atoms with Crippen LogP contribution in [0.25, 0.3) is 0 Å². The van der Waals surface area contributed by atoms with Crippen LogP contribution in [0.15, 0.2) is 35.7 Å². The number of aromatic nitrogens is 1. The van der Waals surface area contributed by atoms with Crippen molar-refractivity contribution in [1.82, 2.24) is 20.5 Å². The van der Waals surface area contributed by atoms with Crippen molar-refractivity contribution < 1.29 is 17.2 Å². The molecule has 1 aliphatic heterocycles. The lowest BCUT2D eigenvalue weighted by Crippen LogP contribution is -2.55. The van der Waals surface area contributed by atoms with Gasteiger partial charge in [-0.1, -0.05) is 70.4 Å². The van der Waals surface area contributed by atoms with E-state index in [1.54, 1.807) is 31.5 Å². The van der Waals surface area contributed by atoms with Crippen LogP contribution in [-0.4, -0.2) is 53.2 Å². The van der Waals surface area contributed by atoms with Crippen LogP contribution in [0.5, 0.6) is 0 Å². The number of carbonyl (C=O) groups is 3. The SMILES string of the molecule is CC(C)C.CNC(C)C(=O)NC(C(=O)N1CCCC1c1nc(C(=O)c2ccccc2)cs1)C1CCCCC1.[HH].[HH]. The fourth-order valence-electron chi connectivity index (χ4n) is 5.01. The Labute approximate surface area is 234 Å². The number of rotatable bonds is 8. The van der Waals surface area contributed by atoms with Crippen molar-refractivity contribution in [3.8, 4) is 0 Å². The number of nitrogens with one attached hydrogen (secondary N) is 2. The molecule has 1 aromatic heterocycles. The number of hydrogen-bond donors (Lipinski definition) is 2. The van der Waals surface area contributed by atoms with Crippen LogP contribution in [-0.2, 0) is 9.59 Å². The summed E-state index contributed by atoms with van der Waals surface area (Å²) in [6.07, 6.45) is 6.97. The fourth-order valence-corrected chi connectivity index (χ4v) is 5.95. The van der Waals surface area contributed by atoms with E-state index in [-0.39, 0.29) is 38.5 Å². The van der Waals surface area contributed by atoms with Gasteiger partial charge in [0.25, 0.3) is 0 Å². The number of benzene rings is 1. The molecule has 3 unspecified atom stereocenters. The lowest BCUT2D eigenvalue weighted by Gasteiger charge is -2.35. The summed E-state index contributed by atoms with van der Waals surface area (Å²) in [5.74, 6) is 0.721. The number of carbonyl (C=O) groups excluding carboxylic acids is 3. The van der Waals surface area contributed by atoms with Gasteiger partial charge in [-0.3, -0.25) is 14.4 Å². The van der Waals surface area contributed by atoms with Crippen molar-refractivity contribution in [2.24, 2.45) is 11.8 Å². The van der Waals surface area contributed by atoms with E-state index >= 15 is 0 Å². The molecular formula is C30H48N4O3S. The van der Waals surface area contributed by atoms with Gasteiger partial charge in [0.05, 0.1) is 12.1 Å². The van der Waals surface area contributed by atoms with Crippen LogP contribution >= 0.6 is 11.3 Å². The van der Waals surface area contributed by atoms with Crippen molar-refractivity contribution in [2.45, 2.75) is 90.8 Å². The second-order valence-corrected chi connectivity index (χ2v) is 12.0. The third-order valence-corrected chi connectivity index (χ3v) is 8.07. The van der Waals surface area contributed by atoms with Gasteiger partial charge >= 0.3 is 0 Å². The first kappa shape index (κ1) is 30.0. The molecule has 2 fully saturated rings. The summed E-state index contributed by atoms with van der Waals surface area (Å²) in [6, 6.07) is 8.10. The Bertz CT molecular complexity index is 1060. The molecule has 3 atom stereocenters. The van der Waals surface area contributed by atoms with E-state index < -0.39 is 6.04 Å². The van der Waals surface area contributed by atoms with Gasteiger partial charge < -0.3 is 15.5 Å². The number of hydrogen-bond acceptors (Lipinski definition) is 6. The van der Waals surface area contributed by atoms with Crippen LogP contribution in [0.4, 0.5) is 0 Å². The number of nitrogens with zero attached hydrogens (tertiary/aromatic N) is 2. The largest absolute Gasteiger partial charge is 0.343 e. The molecule has 1 aliphatic carbocycles. The molecule has 0 radical (unpaired) electrons. The maximum atomic E-state index is 13.8. The number of likely N-dealkylation sites (tertiary alicyclic amines) is 1. The van der Waals surface area contributed by atoms with Crippen LogP contribution in [0, 0.1) is 11.8 Å². The summed E-state index contributed by atoms with van der Waals surface area (Å²) in [6.45, 7) is 8.95. The Morgan fingerprint density at radius 1 is 1.00 bits per heavy atom. The number of thiazole rings is 1. The number of amides is 2. The lowest BCUT2D eigenvalue weighted by atomic mass is 9.83. The van der Waals surface area contributed by atoms with Gasteiger partial charge in [0.2, 0.25) is 17.6 Å². The van der Waals surface area contributed by atoms with Crippen molar-refractivity contribution in [2.75, 3.05) is 13.6 Å². The summed E-state index contributed by atoms with van der Waals surface area (Å²) in [5, 5.41) is 8.62. The monoisotopic (exact) mass is 544 g/mol. The Hall–Kier alpha value is -2.58. The molecule has 1 saturated carbocycles. The molecule has 1 saturated heterocycles. The molecule has 8 heteroatoms. The molecule has 2 amide bonds. The first-order chi connectivity index (χ1) is 18.2. The van der Waals surface area contributed by atoms with Gasteiger partial charge in [-0.05, 0) is 51.5 Å². The van der Waals surface area contributed by atoms with E-state index in [0.717, 1.165) is 49.5 Å². The topological polar surface area (TPSA) is 91.4 Å². The van der Waals surface area contributed by atoms with Crippen molar-refractivity contribution in [1.29, 1.82) is 0 Å². The smallest absolute Gasteiger partial charge is 0.246 e. The Balaban J connectivity index is 0.00000125. The number of ketones is 1. The first-order valence-corrected chi connectivity index (χ1v) is 14.9. The fraction of sp³-hybridized carbons (Fsp3) is 0.600. The Kier molecular flexibility index (Phi) is 11.5. The predicted octanol–water partition coefficient (Wildman–Crippen LogP) is 5.86. The van der Waals surface area contributed by atoms with Gasteiger partial charge in [0.15, 0.2) is 0 Å². The molecule has 0 spiro atoms. The minimum Gasteiger partial charge on any atom is -0.343 e. The van der Waals surface area contributed by atoms with E-state index in [2.05, 4.69) is 36.4 Å². The highest BCUT2D eigenvalue weighted by Gasteiger charge is 2.40. The summed E-state index contributed by atoms with van der Waals surface area (Å²) >= 11 is 1.44. The van der Waals surface area contributed by atoms with E-state index in [9.17, 15) is 14.4 Å². The second-order valence-electron chi connectivity index (χ2n) is 11.1. The third kappa shape index (κ3) is 7.96. The molecule has 38 heavy (non-hydrogen) atoms. The van der Waals surface area contributed by atoms with Crippen LogP contribution < -0.4 is 10.6 Å². The van der Waals surface area contributed by atoms with Gasteiger partial charge in [0.1, 0.15) is 16.7 Å². The van der Waals surface area contributed by atoms with E-state index in [4.69, 9.17) is 0 Å². The second kappa shape index (κ2) is 14.5. The van der Waals surface area contributed by atoms with Crippen molar-refractivity contribution >= 4 is 28.9 Å². The van der Waals surface area contributed by atoms with Crippen LogP contribution in [0.3, 0.4) is 0 Å². The highest BCUT2D eigenvalue weighted by Crippen LogP contribution is 2.36. The minimum absolute atomic E-state index is 0. The average molecular weight is 545 g/mol. The van der Waals surface area contributed by atoms with Gasteiger partial charge in [0, 0.05) is 20.3 Å². The first-order valence-electron chi connectivity index (χ1n) is 14.1. The molecule has 4 rings (SSSR count). The molecule has 212 valence electrons. The zero-order chi connectivity index (χ0) is 27.7. The molecule has 2 aromatic rings. The molecule has 2 heterocycles. The summed E-state index contributed by atoms with van der Waals surface area (Å²) in [7, 11) is 1.75. The van der Waals surface area contributed by atoms with Gasteiger partial charge in [-0.2, -0.15) is 0 Å². The molecule has 2 N–H and O–H groups in total. The summed E-state index contributed by atoms with van der Waals surface area (Å²) < 4.78 is 0. The van der Waals surface area contributed by atoms with E-state index in [1.165, 1.54) is 17.8 Å². The molecule has 0 bridgehead atoms. The zero-order valence-electron chi connectivity index (χ0n) is 23.5. The highest BCUT2D eigenvalue weighted by atomic mass is 32.1. The molecule has 1 aromatic carbocycles. The normalized spacial score (nSPS) is 19.4. The highest BCUT2D eigenvalue weighted by molar-refractivity contribution is 7.10. The van der Waals surface area contributed by atoms with Gasteiger partial charge in [-0.15, -0.1) is 11.3 Å². The quantitative estimate of drug-likeness (QED) is 0.406. The van der Waals surface area contributed by atoms with Gasteiger partial charge in [-0.25, -0.2) is 4.98 Å². The Morgan fingerprint density at radius 3 is 2.29 bits per heavy atom. The average Bonchev–Trinajstić information content (AvgIpc) is 3.61. The maximum absolute atomic E-state index is 13.8. The van der Waals surface area contributed by atoms with Crippen molar-refractivity contribution in [3.05, 3.63) is 52.0 Å². The zero-order valence-corrected chi connectivity index (χ0v) is 24.4. The maximum Gasteiger partial charge on any atom is 0.246 e. The standard InChI is InChI=1S/C26H34N4O3S.C4H10.2H2/c1-17(27-2)24(32)29-22(18-10-5-3-6-11-18)26(33)30-15-9-14-21(30)25-28-20(16-34-25)23(31)19-12-7-4-8-13-19;1-4(2)3;;/h4,7-8,12-13,16-18,21-22,27H,3,5-6,9-11,14-15H2,1-2H3,(H,29,32);4H,1-3H3;2*1H.